The van der Waals surface area contributed by atoms with Gasteiger partial charge in [0.05, 0.1) is 12.8 Å². The number of nitrogens with one attached hydrogen (secondary N) is 1. The highest BCUT2D eigenvalue weighted by Gasteiger charge is 2.11. The van der Waals surface area contributed by atoms with E-state index in [4.69, 9.17) is 4.74 Å². The molecule has 24 heavy (non-hydrogen) atoms. The molecule has 128 valence electrons. The molecule has 2 rings (SSSR count). The van der Waals surface area contributed by atoms with Crippen molar-refractivity contribution in [3.8, 4) is 5.75 Å². The van der Waals surface area contributed by atoms with Gasteiger partial charge in [0.15, 0.2) is 10.9 Å². The van der Waals surface area contributed by atoms with E-state index >= 15 is 0 Å². The molecule has 6 nitrogen and oxygen atoms in total. The predicted octanol–water partition coefficient (Wildman–Crippen LogP) is 2.81. The topological polar surface area (TPSA) is 71.5 Å². The van der Waals surface area contributed by atoms with Gasteiger partial charge in [-0.15, -0.1) is 11.3 Å². The first-order chi connectivity index (χ1) is 11.5. The number of aromatic nitrogens is 1. The van der Waals surface area contributed by atoms with E-state index in [0.29, 0.717) is 16.4 Å². The number of amides is 1. The molecule has 0 bridgehead atoms. The lowest BCUT2D eigenvalue weighted by Gasteiger charge is -2.05. The lowest BCUT2D eigenvalue weighted by Crippen LogP contribution is -2.14. The van der Waals surface area contributed by atoms with Crippen LogP contribution in [-0.4, -0.2) is 42.8 Å². The third-order valence-corrected chi connectivity index (χ3v) is 4.07. The summed E-state index contributed by atoms with van der Waals surface area (Å²) in [6.45, 7) is 0.725. The summed E-state index contributed by atoms with van der Waals surface area (Å²) in [7, 11) is 5.49. The number of carbonyl (C=O) groups excluding carboxylic acids is 2. The van der Waals surface area contributed by atoms with Crippen molar-refractivity contribution in [3.63, 3.8) is 0 Å². The molecule has 7 heteroatoms. The van der Waals surface area contributed by atoms with Crippen LogP contribution in [0.15, 0.2) is 29.6 Å². The van der Waals surface area contributed by atoms with Gasteiger partial charge in [-0.05, 0) is 38.4 Å². The summed E-state index contributed by atoms with van der Waals surface area (Å²) in [6, 6.07) is 6.87. The van der Waals surface area contributed by atoms with Crippen LogP contribution in [0, 0.1) is 0 Å². The molecule has 0 fully saturated rings. The Bertz CT molecular complexity index is 695. The second kappa shape index (κ2) is 8.56. The number of rotatable bonds is 8. The van der Waals surface area contributed by atoms with E-state index < -0.39 is 0 Å². The zero-order valence-corrected chi connectivity index (χ0v) is 14.9. The molecule has 1 N–H and O–H groups in total. The third-order valence-electron chi connectivity index (χ3n) is 3.27. The molecule has 0 saturated carbocycles. The first kappa shape index (κ1) is 18.1. The Morgan fingerprint density at radius 3 is 2.54 bits per heavy atom. The van der Waals surface area contributed by atoms with Crippen molar-refractivity contribution in [2.45, 2.75) is 19.4 Å². The fourth-order valence-electron chi connectivity index (χ4n) is 2.09. The van der Waals surface area contributed by atoms with Crippen molar-refractivity contribution in [3.05, 3.63) is 40.9 Å². The van der Waals surface area contributed by atoms with Gasteiger partial charge in [-0.25, -0.2) is 4.98 Å². The zero-order valence-electron chi connectivity index (χ0n) is 14.0. The van der Waals surface area contributed by atoms with Crippen molar-refractivity contribution in [1.29, 1.82) is 0 Å². The number of carbonyl (C=O) groups is 2. The molecule has 1 aromatic heterocycles. The summed E-state index contributed by atoms with van der Waals surface area (Å²) in [6.07, 6.45) is 0.293. The Labute approximate surface area is 145 Å². The van der Waals surface area contributed by atoms with Gasteiger partial charge in [0.2, 0.25) is 5.91 Å². The normalized spacial score (nSPS) is 10.7. The van der Waals surface area contributed by atoms with Crippen LogP contribution in [0.1, 0.15) is 28.9 Å². The standard InChI is InChI=1S/C17H21N3O3S/c1-20(2)10-13-11-24-17(18-13)19-16(22)9-8-15(21)12-4-6-14(23-3)7-5-12/h4-7,11H,8-10H2,1-3H3,(H,18,19,22). The first-order valence-corrected chi connectivity index (χ1v) is 8.42. The number of benzene rings is 1. The Morgan fingerprint density at radius 2 is 1.92 bits per heavy atom. The third kappa shape index (κ3) is 5.43. The molecule has 1 aromatic carbocycles. The van der Waals surface area contributed by atoms with E-state index in [9.17, 15) is 9.59 Å². The average molecular weight is 347 g/mol. The van der Waals surface area contributed by atoms with Crippen LogP contribution in [-0.2, 0) is 11.3 Å². The molecule has 0 aliphatic rings. The summed E-state index contributed by atoms with van der Waals surface area (Å²) in [5.74, 6) is 0.421. The monoisotopic (exact) mass is 347 g/mol. The Hall–Kier alpha value is -2.25. The summed E-state index contributed by atoms with van der Waals surface area (Å²) in [5.41, 5.74) is 1.49. The molecule has 1 amide bonds. The minimum absolute atomic E-state index is 0.0692. The summed E-state index contributed by atoms with van der Waals surface area (Å²) < 4.78 is 5.06. The first-order valence-electron chi connectivity index (χ1n) is 7.54. The van der Waals surface area contributed by atoms with Gasteiger partial charge in [0.25, 0.3) is 0 Å². The molecule has 2 aromatic rings. The molecule has 0 aliphatic heterocycles. The highest BCUT2D eigenvalue weighted by atomic mass is 32.1. The lowest BCUT2D eigenvalue weighted by molar-refractivity contribution is -0.116. The van der Waals surface area contributed by atoms with Crippen molar-refractivity contribution >= 4 is 28.2 Å². The number of methoxy groups -OCH3 is 1. The van der Waals surface area contributed by atoms with Crippen LogP contribution >= 0.6 is 11.3 Å². The van der Waals surface area contributed by atoms with E-state index in [1.807, 2.05) is 24.4 Å². The van der Waals surface area contributed by atoms with E-state index in [0.717, 1.165) is 12.2 Å². The van der Waals surface area contributed by atoms with Crippen LogP contribution < -0.4 is 10.1 Å². The van der Waals surface area contributed by atoms with Gasteiger partial charge in [-0.1, -0.05) is 0 Å². The van der Waals surface area contributed by atoms with Crippen molar-refractivity contribution in [2.24, 2.45) is 0 Å². The highest BCUT2D eigenvalue weighted by molar-refractivity contribution is 7.13. The number of hydrogen-bond acceptors (Lipinski definition) is 6. The molecule has 0 unspecified atom stereocenters. The average Bonchev–Trinajstić information content (AvgIpc) is 2.98. The molecule has 0 spiro atoms. The maximum atomic E-state index is 12.1. The van der Waals surface area contributed by atoms with Crippen LogP contribution in [0.25, 0.3) is 0 Å². The number of thiazole rings is 1. The predicted molar refractivity (Wildman–Crippen MR) is 94.7 cm³/mol. The van der Waals surface area contributed by atoms with Gasteiger partial charge in [0, 0.05) is 30.3 Å². The Kier molecular flexibility index (Phi) is 6.45. The summed E-state index contributed by atoms with van der Waals surface area (Å²) in [5, 5.41) is 5.22. The van der Waals surface area contributed by atoms with Crippen molar-refractivity contribution < 1.29 is 14.3 Å². The van der Waals surface area contributed by atoms with E-state index in [2.05, 4.69) is 10.3 Å². The lowest BCUT2D eigenvalue weighted by atomic mass is 10.1. The number of hydrogen-bond donors (Lipinski definition) is 1. The van der Waals surface area contributed by atoms with Crippen molar-refractivity contribution in [1.82, 2.24) is 9.88 Å². The quantitative estimate of drug-likeness (QED) is 0.744. The fourth-order valence-corrected chi connectivity index (χ4v) is 2.81. The minimum atomic E-state index is -0.206. The van der Waals surface area contributed by atoms with Crippen LogP contribution in [0.2, 0.25) is 0 Å². The summed E-state index contributed by atoms with van der Waals surface area (Å²) in [4.78, 5) is 30.4. The molecule has 0 atom stereocenters. The molecule has 1 heterocycles. The van der Waals surface area contributed by atoms with E-state index in [1.165, 1.54) is 11.3 Å². The summed E-state index contributed by atoms with van der Waals surface area (Å²) >= 11 is 1.39. The molecule has 0 radical (unpaired) electrons. The largest absolute Gasteiger partial charge is 0.497 e. The van der Waals surface area contributed by atoms with E-state index in [1.54, 1.807) is 31.4 Å². The fraction of sp³-hybridized carbons (Fsp3) is 0.353. The molecule has 0 aliphatic carbocycles. The number of nitrogens with zero attached hydrogens (tertiary/aromatic N) is 2. The second-order valence-corrected chi connectivity index (χ2v) is 6.44. The van der Waals surface area contributed by atoms with Gasteiger partial charge < -0.3 is 15.0 Å². The second-order valence-electron chi connectivity index (χ2n) is 5.58. The number of ketones is 1. The van der Waals surface area contributed by atoms with E-state index in [-0.39, 0.29) is 24.5 Å². The number of ether oxygens (including phenoxy) is 1. The Balaban J connectivity index is 1.81. The van der Waals surface area contributed by atoms with Gasteiger partial charge in [-0.3, -0.25) is 9.59 Å². The number of Topliss-reactive ketones (excluding diaryl/α,β-unsaturated/α-hetero) is 1. The zero-order chi connectivity index (χ0) is 17.5. The van der Waals surface area contributed by atoms with Gasteiger partial charge >= 0.3 is 0 Å². The SMILES string of the molecule is COc1ccc(C(=O)CCC(=O)Nc2nc(CN(C)C)cs2)cc1. The Morgan fingerprint density at radius 1 is 1.21 bits per heavy atom. The van der Waals surface area contributed by atoms with Gasteiger partial charge in [0.1, 0.15) is 5.75 Å². The molecular weight excluding hydrogens is 326 g/mol. The molecular formula is C17H21N3O3S. The maximum Gasteiger partial charge on any atom is 0.226 e. The molecule has 0 saturated heterocycles. The maximum absolute atomic E-state index is 12.1. The smallest absolute Gasteiger partial charge is 0.226 e. The minimum Gasteiger partial charge on any atom is -0.497 e. The van der Waals surface area contributed by atoms with Crippen molar-refractivity contribution in [2.75, 3.05) is 26.5 Å². The van der Waals surface area contributed by atoms with Crippen LogP contribution in [0.3, 0.4) is 0 Å². The van der Waals surface area contributed by atoms with Gasteiger partial charge in [-0.2, -0.15) is 0 Å². The van der Waals surface area contributed by atoms with Crippen LogP contribution in [0.4, 0.5) is 5.13 Å². The van der Waals surface area contributed by atoms with Crippen LogP contribution in [0.5, 0.6) is 5.75 Å². The number of anilines is 1. The highest BCUT2D eigenvalue weighted by Crippen LogP contribution is 2.17.